The minimum absolute atomic E-state index is 0.164. The molecule has 130 valence electrons. The SMILES string of the molecule is CCCc1cc(C(=O)Nc2ccc(C)c(S(=O)(=O)NC)c2)sc1C. The molecule has 0 fully saturated rings. The third-order valence-corrected chi connectivity index (χ3v) is 6.42. The van der Waals surface area contributed by atoms with Crippen LogP contribution in [0.2, 0.25) is 0 Å². The van der Waals surface area contributed by atoms with Crippen LogP contribution in [0.5, 0.6) is 0 Å². The van der Waals surface area contributed by atoms with Gasteiger partial charge in [-0.2, -0.15) is 0 Å². The highest BCUT2D eigenvalue weighted by Crippen LogP contribution is 2.25. The lowest BCUT2D eigenvalue weighted by atomic mass is 10.1. The van der Waals surface area contributed by atoms with Gasteiger partial charge in [0.25, 0.3) is 5.91 Å². The Morgan fingerprint density at radius 2 is 1.92 bits per heavy atom. The molecule has 2 aromatic rings. The molecule has 1 aromatic heterocycles. The highest BCUT2D eigenvalue weighted by Gasteiger charge is 2.17. The molecule has 0 atom stereocenters. The van der Waals surface area contributed by atoms with Crippen molar-refractivity contribution < 1.29 is 13.2 Å². The van der Waals surface area contributed by atoms with Crippen LogP contribution in [0.25, 0.3) is 0 Å². The van der Waals surface area contributed by atoms with Gasteiger partial charge in [0.05, 0.1) is 9.77 Å². The summed E-state index contributed by atoms with van der Waals surface area (Å²) in [6.45, 7) is 5.83. The van der Waals surface area contributed by atoms with E-state index in [4.69, 9.17) is 0 Å². The summed E-state index contributed by atoms with van der Waals surface area (Å²) in [4.78, 5) is 14.4. The number of sulfonamides is 1. The number of hydrogen-bond donors (Lipinski definition) is 2. The molecule has 1 amide bonds. The van der Waals surface area contributed by atoms with Gasteiger partial charge < -0.3 is 5.32 Å². The molecule has 0 aliphatic carbocycles. The molecule has 0 saturated carbocycles. The van der Waals surface area contributed by atoms with Gasteiger partial charge in [-0.05, 0) is 56.6 Å². The summed E-state index contributed by atoms with van der Waals surface area (Å²) in [7, 11) is -2.20. The van der Waals surface area contributed by atoms with Crippen LogP contribution in [0.15, 0.2) is 29.2 Å². The van der Waals surface area contributed by atoms with Gasteiger partial charge in [0.1, 0.15) is 0 Å². The Hall–Kier alpha value is -1.70. The van der Waals surface area contributed by atoms with E-state index < -0.39 is 10.0 Å². The Morgan fingerprint density at radius 3 is 2.54 bits per heavy atom. The molecule has 7 heteroatoms. The largest absolute Gasteiger partial charge is 0.321 e. The first kappa shape index (κ1) is 18.6. The summed E-state index contributed by atoms with van der Waals surface area (Å²) in [5, 5.41) is 2.78. The van der Waals surface area contributed by atoms with Gasteiger partial charge in [-0.3, -0.25) is 4.79 Å². The molecule has 0 bridgehead atoms. The van der Waals surface area contributed by atoms with Gasteiger partial charge in [-0.25, -0.2) is 13.1 Å². The number of nitrogens with one attached hydrogen (secondary N) is 2. The van der Waals surface area contributed by atoms with E-state index in [1.165, 1.54) is 30.0 Å². The molecule has 2 rings (SSSR count). The number of rotatable bonds is 6. The van der Waals surface area contributed by atoms with Crippen LogP contribution in [0, 0.1) is 13.8 Å². The normalized spacial score (nSPS) is 11.5. The van der Waals surface area contributed by atoms with Crippen molar-refractivity contribution in [1.29, 1.82) is 0 Å². The van der Waals surface area contributed by atoms with Crippen molar-refractivity contribution in [1.82, 2.24) is 4.72 Å². The first-order chi connectivity index (χ1) is 11.3. The van der Waals surface area contributed by atoms with E-state index in [9.17, 15) is 13.2 Å². The number of amides is 1. The van der Waals surface area contributed by atoms with Gasteiger partial charge in [0, 0.05) is 10.6 Å². The predicted octanol–water partition coefficient (Wildman–Crippen LogP) is 3.48. The summed E-state index contributed by atoms with van der Waals surface area (Å²) < 4.78 is 26.4. The molecular formula is C17H22N2O3S2. The molecule has 1 heterocycles. The Bertz CT molecular complexity index is 855. The zero-order valence-electron chi connectivity index (χ0n) is 14.3. The van der Waals surface area contributed by atoms with Crippen molar-refractivity contribution in [2.75, 3.05) is 12.4 Å². The van der Waals surface area contributed by atoms with E-state index in [0.29, 0.717) is 16.1 Å². The van der Waals surface area contributed by atoms with Crippen molar-refractivity contribution >= 4 is 33.0 Å². The zero-order chi connectivity index (χ0) is 17.9. The molecule has 0 aliphatic rings. The molecule has 0 unspecified atom stereocenters. The fourth-order valence-corrected chi connectivity index (χ4v) is 4.38. The first-order valence-corrected chi connectivity index (χ1v) is 10.0. The molecular weight excluding hydrogens is 344 g/mol. The van der Waals surface area contributed by atoms with Crippen LogP contribution in [-0.2, 0) is 16.4 Å². The van der Waals surface area contributed by atoms with Crippen molar-refractivity contribution in [2.24, 2.45) is 0 Å². The van der Waals surface area contributed by atoms with Gasteiger partial charge >= 0.3 is 0 Å². The second-order valence-electron chi connectivity index (χ2n) is 5.58. The monoisotopic (exact) mass is 366 g/mol. The number of thiophene rings is 1. The van der Waals surface area contributed by atoms with Crippen LogP contribution >= 0.6 is 11.3 Å². The Labute approximate surface area is 147 Å². The molecule has 24 heavy (non-hydrogen) atoms. The van der Waals surface area contributed by atoms with Crippen molar-refractivity contribution in [2.45, 2.75) is 38.5 Å². The Kier molecular flexibility index (Phi) is 5.79. The number of carbonyl (C=O) groups excluding carboxylic acids is 1. The summed E-state index contributed by atoms with van der Waals surface area (Å²) in [6.07, 6.45) is 1.98. The lowest BCUT2D eigenvalue weighted by Gasteiger charge is -2.10. The number of hydrogen-bond acceptors (Lipinski definition) is 4. The summed E-state index contributed by atoms with van der Waals surface area (Å²) in [5.41, 5.74) is 2.28. The van der Waals surface area contributed by atoms with E-state index in [2.05, 4.69) is 17.0 Å². The van der Waals surface area contributed by atoms with E-state index in [0.717, 1.165) is 17.7 Å². The number of aryl methyl sites for hydroxylation is 3. The van der Waals surface area contributed by atoms with Crippen molar-refractivity contribution in [3.63, 3.8) is 0 Å². The highest BCUT2D eigenvalue weighted by atomic mass is 32.2. The maximum Gasteiger partial charge on any atom is 0.265 e. The van der Waals surface area contributed by atoms with Gasteiger partial charge in [-0.15, -0.1) is 11.3 Å². The van der Waals surface area contributed by atoms with E-state index in [-0.39, 0.29) is 10.8 Å². The van der Waals surface area contributed by atoms with Crippen LogP contribution < -0.4 is 10.0 Å². The van der Waals surface area contributed by atoms with Crippen LogP contribution in [0.4, 0.5) is 5.69 Å². The third kappa shape index (κ3) is 4.03. The fourth-order valence-electron chi connectivity index (χ4n) is 2.42. The molecule has 0 saturated heterocycles. The summed E-state index contributed by atoms with van der Waals surface area (Å²) >= 11 is 1.46. The second kappa shape index (κ2) is 7.46. The molecule has 0 aliphatic heterocycles. The van der Waals surface area contributed by atoms with Gasteiger partial charge in [-0.1, -0.05) is 19.4 Å². The Balaban J connectivity index is 2.27. The van der Waals surface area contributed by atoms with Crippen LogP contribution in [0.1, 0.15) is 39.0 Å². The smallest absolute Gasteiger partial charge is 0.265 e. The Morgan fingerprint density at radius 1 is 1.21 bits per heavy atom. The average molecular weight is 367 g/mol. The van der Waals surface area contributed by atoms with Crippen LogP contribution in [0.3, 0.4) is 0 Å². The lowest BCUT2D eigenvalue weighted by Crippen LogP contribution is -2.20. The van der Waals surface area contributed by atoms with Crippen molar-refractivity contribution in [3.8, 4) is 0 Å². The van der Waals surface area contributed by atoms with Crippen molar-refractivity contribution in [3.05, 3.63) is 45.1 Å². The zero-order valence-corrected chi connectivity index (χ0v) is 15.9. The third-order valence-electron chi connectivity index (χ3n) is 3.77. The van der Waals surface area contributed by atoms with E-state index in [1.54, 1.807) is 19.1 Å². The molecule has 0 radical (unpaired) electrons. The maximum atomic E-state index is 12.4. The summed E-state index contributed by atoms with van der Waals surface area (Å²) in [5.74, 6) is -0.220. The highest BCUT2D eigenvalue weighted by molar-refractivity contribution is 7.89. The molecule has 5 nitrogen and oxygen atoms in total. The fraction of sp³-hybridized carbons (Fsp3) is 0.353. The van der Waals surface area contributed by atoms with Crippen LogP contribution in [-0.4, -0.2) is 21.4 Å². The first-order valence-electron chi connectivity index (χ1n) is 7.73. The van der Waals surface area contributed by atoms with Gasteiger partial charge in [0.2, 0.25) is 10.0 Å². The molecule has 2 N–H and O–H groups in total. The second-order valence-corrected chi connectivity index (χ2v) is 8.70. The topological polar surface area (TPSA) is 75.3 Å². The average Bonchev–Trinajstić information content (AvgIpc) is 2.90. The molecule has 1 aromatic carbocycles. The maximum absolute atomic E-state index is 12.4. The van der Waals surface area contributed by atoms with E-state index in [1.807, 2.05) is 13.0 Å². The number of carbonyl (C=O) groups is 1. The minimum Gasteiger partial charge on any atom is -0.321 e. The quantitative estimate of drug-likeness (QED) is 0.822. The standard InChI is InChI=1S/C17H22N2O3S2/c1-5-6-13-9-15(23-12(13)3)17(20)19-14-8-7-11(2)16(10-14)24(21,22)18-4/h7-10,18H,5-6H2,1-4H3,(H,19,20). The van der Waals surface area contributed by atoms with E-state index >= 15 is 0 Å². The number of benzene rings is 1. The lowest BCUT2D eigenvalue weighted by molar-refractivity contribution is 0.103. The van der Waals surface area contributed by atoms with Gasteiger partial charge in [0.15, 0.2) is 0 Å². The summed E-state index contributed by atoms with van der Waals surface area (Å²) in [6, 6.07) is 6.78. The number of anilines is 1. The molecule has 0 spiro atoms. The minimum atomic E-state index is -3.56. The predicted molar refractivity (Wildman–Crippen MR) is 98.4 cm³/mol.